The molecule has 1 aliphatic heterocycles. The second kappa shape index (κ2) is 8.81. The first-order valence-corrected chi connectivity index (χ1v) is 10.3. The number of benzene rings is 1. The molecule has 6 nitrogen and oxygen atoms in total. The maximum Gasteiger partial charge on any atom is 0.232 e. The van der Waals surface area contributed by atoms with Gasteiger partial charge in [-0.25, -0.2) is 14.4 Å². The molecule has 1 N–H and O–H groups in total. The van der Waals surface area contributed by atoms with Crippen molar-refractivity contribution >= 4 is 17.5 Å². The lowest BCUT2D eigenvalue weighted by molar-refractivity contribution is -0.144. The SMILES string of the molecule is CC(C)(C(=O)N1CCO[C@@H](c2cccc(Nc3ccccn3)n2)C1)c1cccc(F)c1. The molecule has 1 aromatic carbocycles. The number of anilines is 2. The van der Waals surface area contributed by atoms with Crippen molar-refractivity contribution in [3.8, 4) is 0 Å². The van der Waals surface area contributed by atoms with Crippen molar-refractivity contribution in [3.63, 3.8) is 0 Å². The fourth-order valence-corrected chi connectivity index (χ4v) is 3.68. The standard InChI is InChI=1S/C24H25FN4O2/c1-24(2,17-7-5-8-18(25)15-17)23(30)29-13-14-31-20(16-29)19-9-6-11-22(27-19)28-21-10-3-4-12-26-21/h3-12,15,20H,13-14,16H2,1-2H3,(H,26,27,28)/t20-/m1/s1. The molecule has 3 aromatic rings. The van der Waals surface area contributed by atoms with Crippen LogP contribution in [0.2, 0.25) is 0 Å². The minimum atomic E-state index is -0.847. The van der Waals surface area contributed by atoms with Crippen molar-refractivity contribution in [3.05, 3.63) is 83.9 Å². The molecule has 1 saturated heterocycles. The molecule has 7 heteroatoms. The third-order valence-corrected chi connectivity index (χ3v) is 5.46. The average Bonchev–Trinajstić information content (AvgIpc) is 2.79. The van der Waals surface area contributed by atoms with Gasteiger partial charge < -0.3 is 15.0 Å². The summed E-state index contributed by atoms with van der Waals surface area (Å²) >= 11 is 0. The van der Waals surface area contributed by atoms with E-state index in [1.54, 1.807) is 23.2 Å². The molecular weight excluding hydrogens is 395 g/mol. The maximum absolute atomic E-state index is 13.7. The second-order valence-electron chi connectivity index (χ2n) is 8.03. The predicted octanol–water partition coefficient (Wildman–Crippen LogP) is 4.24. The van der Waals surface area contributed by atoms with Gasteiger partial charge in [-0.3, -0.25) is 4.79 Å². The number of rotatable bonds is 5. The number of hydrogen-bond donors (Lipinski definition) is 1. The number of ether oxygens (including phenoxy) is 1. The van der Waals surface area contributed by atoms with Crippen LogP contribution in [0.3, 0.4) is 0 Å². The average molecular weight is 420 g/mol. The van der Waals surface area contributed by atoms with E-state index in [1.165, 1.54) is 12.1 Å². The lowest BCUT2D eigenvalue weighted by Crippen LogP contribution is -2.49. The Balaban J connectivity index is 1.49. The van der Waals surface area contributed by atoms with Gasteiger partial charge in [-0.15, -0.1) is 0 Å². The maximum atomic E-state index is 13.7. The fraction of sp³-hybridized carbons (Fsp3) is 0.292. The Morgan fingerprint density at radius 3 is 2.71 bits per heavy atom. The van der Waals surface area contributed by atoms with Gasteiger partial charge in [0, 0.05) is 12.7 Å². The minimum absolute atomic E-state index is 0.0610. The van der Waals surface area contributed by atoms with Crippen molar-refractivity contribution in [1.82, 2.24) is 14.9 Å². The summed E-state index contributed by atoms with van der Waals surface area (Å²) in [5.74, 6) is 0.947. The first-order valence-electron chi connectivity index (χ1n) is 10.3. The molecule has 1 fully saturated rings. The first kappa shape index (κ1) is 20.9. The number of carbonyl (C=O) groups excluding carboxylic acids is 1. The lowest BCUT2D eigenvalue weighted by atomic mass is 9.83. The molecular formula is C24H25FN4O2. The van der Waals surface area contributed by atoms with Crippen molar-refractivity contribution in [2.24, 2.45) is 0 Å². The van der Waals surface area contributed by atoms with Crippen LogP contribution < -0.4 is 5.32 Å². The van der Waals surface area contributed by atoms with Gasteiger partial charge >= 0.3 is 0 Å². The zero-order valence-electron chi connectivity index (χ0n) is 17.6. The number of halogens is 1. The van der Waals surface area contributed by atoms with Gasteiger partial charge in [-0.1, -0.05) is 24.3 Å². The summed E-state index contributed by atoms with van der Waals surface area (Å²) in [6.45, 7) is 4.93. The van der Waals surface area contributed by atoms with Gasteiger partial charge in [0.2, 0.25) is 5.91 Å². The monoisotopic (exact) mass is 420 g/mol. The second-order valence-corrected chi connectivity index (χ2v) is 8.03. The summed E-state index contributed by atoms with van der Waals surface area (Å²) in [6, 6.07) is 17.5. The van der Waals surface area contributed by atoms with Crippen molar-refractivity contribution in [1.29, 1.82) is 0 Å². The number of amides is 1. The van der Waals surface area contributed by atoms with E-state index in [2.05, 4.69) is 15.3 Å². The number of nitrogens with one attached hydrogen (secondary N) is 1. The van der Waals surface area contributed by atoms with Crippen molar-refractivity contribution in [2.45, 2.75) is 25.4 Å². The Morgan fingerprint density at radius 1 is 1.13 bits per heavy atom. The van der Waals surface area contributed by atoms with E-state index in [4.69, 9.17) is 4.74 Å². The molecule has 0 aliphatic carbocycles. The predicted molar refractivity (Wildman–Crippen MR) is 116 cm³/mol. The van der Waals surface area contributed by atoms with Crippen LogP contribution in [0, 0.1) is 5.82 Å². The van der Waals surface area contributed by atoms with Crippen LogP contribution >= 0.6 is 0 Å². The minimum Gasteiger partial charge on any atom is -0.368 e. The van der Waals surface area contributed by atoms with Crippen molar-refractivity contribution < 1.29 is 13.9 Å². The highest BCUT2D eigenvalue weighted by Gasteiger charge is 2.37. The van der Waals surface area contributed by atoms with E-state index in [1.807, 2.05) is 50.2 Å². The molecule has 4 rings (SSSR count). The Labute approximate surface area is 181 Å². The zero-order chi connectivity index (χ0) is 21.8. The highest BCUT2D eigenvalue weighted by Crippen LogP contribution is 2.30. The molecule has 1 atom stereocenters. The Morgan fingerprint density at radius 2 is 1.94 bits per heavy atom. The Hall–Kier alpha value is -3.32. The molecule has 1 aliphatic rings. The largest absolute Gasteiger partial charge is 0.368 e. The summed E-state index contributed by atoms with van der Waals surface area (Å²) in [6.07, 6.45) is 1.37. The van der Waals surface area contributed by atoms with Gasteiger partial charge in [-0.2, -0.15) is 0 Å². The van der Waals surface area contributed by atoms with E-state index in [-0.39, 0.29) is 17.8 Å². The van der Waals surface area contributed by atoms with E-state index in [9.17, 15) is 9.18 Å². The van der Waals surface area contributed by atoms with E-state index in [0.29, 0.717) is 36.9 Å². The highest BCUT2D eigenvalue weighted by molar-refractivity contribution is 5.87. The quantitative estimate of drug-likeness (QED) is 0.669. The summed E-state index contributed by atoms with van der Waals surface area (Å²) < 4.78 is 19.6. The number of pyridine rings is 2. The van der Waals surface area contributed by atoms with Crippen LogP contribution in [-0.2, 0) is 14.9 Å². The lowest BCUT2D eigenvalue weighted by Gasteiger charge is -2.37. The molecule has 31 heavy (non-hydrogen) atoms. The van der Waals surface area contributed by atoms with E-state index < -0.39 is 5.41 Å². The molecule has 0 bridgehead atoms. The molecule has 3 heterocycles. The third kappa shape index (κ3) is 4.72. The molecule has 2 aromatic heterocycles. The zero-order valence-corrected chi connectivity index (χ0v) is 17.6. The van der Waals surface area contributed by atoms with Gasteiger partial charge in [0.15, 0.2) is 0 Å². The molecule has 160 valence electrons. The van der Waals surface area contributed by atoms with Gasteiger partial charge in [0.1, 0.15) is 23.6 Å². The van der Waals surface area contributed by atoms with Crippen LogP contribution in [0.5, 0.6) is 0 Å². The number of hydrogen-bond acceptors (Lipinski definition) is 5. The van der Waals surface area contributed by atoms with Crippen LogP contribution in [0.15, 0.2) is 66.9 Å². The molecule has 0 saturated carbocycles. The van der Waals surface area contributed by atoms with E-state index >= 15 is 0 Å². The third-order valence-electron chi connectivity index (χ3n) is 5.46. The fourth-order valence-electron chi connectivity index (χ4n) is 3.68. The summed E-state index contributed by atoms with van der Waals surface area (Å²) in [5.41, 5.74) is 0.544. The van der Waals surface area contributed by atoms with Crippen LogP contribution in [0.4, 0.5) is 16.0 Å². The Kier molecular flexibility index (Phi) is 5.95. The van der Waals surface area contributed by atoms with Crippen LogP contribution in [0.25, 0.3) is 0 Å². The van der Waals surface area contributed by atoms with Crippen LogP contribution in [-0.4, -0.2) is 40.5 Å². The van der Waals surface area contributed by atoms with Gasteiger partial charge in [0.25, 0.3) is 0 Å². The topological polar surface area (TPSA) is 67.3 Å². The summed E-state index contributed by atoms with van der Waals surface area (Å²) in [7, 11) is 0. The first-order chi connectivity index (χ1) is 14.9. The molecule has 1 amide bonds. The molecule has 0 radical (unpaired) electrons. The highest BCUT2D eigenvalue weighted by atomic mass is 19.1. The number of carbonyl (C=O) groups is 1. The van der Waals surface area contributed by atoms with Crippen molar-refractivity contribution in [2.75, 3.05) is 25.0 Å². The van der Waals surface area contributed by atoms with Gasteiger partial charge in [-0.05, 0) is 55.8 Å². The van der Waals surface area contributed by atoms with Crippen LogP contribution in [0.1, 0.15) is 31.2 Å². The summed E-state index contributed by atoms with van der Waals surface area (Å²) in [4.78, 5) is 24.0. The normalized spacial score (nSPS) is 16.7. The molecule has 0 unspecified atom stereocenters. The Bertz CT molecular complexity index is 1060. The number of morpholine rings is 1. The smallest absolute Gasteiger partial charge is 0.232 e. The van der Waals surface area contributed by atoms with E-state index in [0.717, 1.165) is 5.69 Å². The summed E-state index contributed by atoms with van der Waals surface area (Å²) in [5, 5.41) is 3.17. The van der Waals surface area contributed by atoms with Gasteiger partial charge in [0.05, 0.1) is 24.3 Å². The molecule has 0 spiro atoms. The number of aromatic nitrogens is 2. The number of nitrogens with zero attached hydrogens (tertiary/aromatic N) is 3.